The molecule has 320 valence electrons. The van der Waals surface area contributed by atoms with E-state index in [2.05, 4.69) is 34.3 Å². The fourth-order valence-electron chi connectivity index (χ4n) is 6.89. The summed E-state index contributed by atoms with van der Waals surface area (Å²) in [5.74, 6) is -0.290. The minimum Gasteiger partial charge on any atom is -0.450 e. The largest absolute Gasteiger partial charge is 0.450 e. The number of hydrogen-bond acceptors (Lipinski definition) is 10. The monoisotopic (exact) mass is 826 g/mol. The van der Waals surface area contributed by atoms with E-state index in [9.17, 15) is 24.0 Å². The van der Waals surface area contributed by atoms with Crippen LogP contribution in [0.2, 0.25) is 0 Å². The van der Waals surface area contributed by atoms with Gasteiger partial charge in [-0.15, -0.1) is 11.3 Å². The number of carbonyl (C=O) groups excluding carboxylic acids is 5. The molecule has 1 fully saturated rings. The number of carbonyl (C=O) groups is 5. The van der Waals surface area contributed by atoms with Crippen LogP contribution in [-0.4, -0.2) is 106 Å². The van der Waals surface area contributed by atoms with Gasteiger partial charge >= 0.3 is 12.2 Å². The van der Waals surface area contributed by atoms with Gasteiger partial charge in [-0.05, 0) is 94.0 Å². The summed E-state index contributed by atoms with van der Waals surface area (Å²) in [6, 6.07) is 11.8. The molecule has 1 aliphatic carbocycles. The van der Waals surface area contributed by atoms with Crippen LogP contribution in [-0.2, 0) is 41.5 Å². The number of alkyl carbamates (subject to hydrolysis) is 2. The van der Waals surface area contributed by atoms with Crippen LogP contribution in [0.5, 0.6) is 0 Å². The quantitative estimate of drug-likeness (QED) is 0.0770. The molecular weight excluding hydrogens is 765 g/mol. The van der Waals surface area contributed by atoms with Crippen LogP contribution in [0.3, 0.4) is 0 Å². The predicted octanol–water partition coefficient (Wildman–Crippen LogP) is 5.79. The van der Waals surface area contributed by atoms with Crippen molar-refractivity contribution in [3.05, 3.63) is 53.0 Å². The van der Waals surface area contributed by atoms with E-state index in [1.54, 1.807) is 23.2 Å². The number of amides is 5. The molecule has 3 aromatic rings. The van der Waals surface area contributed by atoms with Crippen LogP contribution in [0.25, 0.3) is 10.2 Å². The van der Waals surface area contributed by atoms with Gasteiger partial charge in [0.25, 0.3) is 5.91 Å². The SMILES string of the molecule is CCOC(=O)NCCOCCOCCOC(=O)NCCCCCCNC(=O)C1CCC(NC(=O)c2cc3sccc3n2CC(=O)N(CC)c2cccc(CC)c2)CC1. The summed E-state index contributed by atoms with van der Waals surface area (Å²) in [7, 11) is 0. The van der Waals surface area contributed by atoms with E-state index in [1.807, 2.05) is 47.2 Å². The van der Waals surface area contributed by atoms with E-state index in [4.69, 9.17) is 18.9 Å². The molecule has 2 heterocycles. The summed E-state index contributed by atoms with van der Waals surface area (Å²) in [5, 5.41) is 13.5. The van der Waals surface area contributed by atoms with Crippen molar-refractivity contribution in [1.29, 1.82) is 0 Å². The summed E-state index contributed by atoms with van der Waals surface area (Å²) in [4.78, 5) is 65.0. The molecule has 1 saturated carbocycles. The number of aromatic nitrogens is 1. The zero-order valence-electron chi connectivity index (χ0n) is 34.3. The van der Waals surface area contributed by atoms with Gasteiger partial charge in [0.2, 0.25) is 11.8 Å². The number of aryl methyl sites for hydroxylation is 1. The van der Waals surface area contributed by atoms with E-state index < -0.39 is 12.2 Å². The number of thiophene rings is 1. The lowest BCUT2D eigenvalue weighted by atomic mass is 9.85. The second kappa shape index (κ2) is 25.6. The van der Waals surface area contributed by atoms with Crippen molar-refractivity contribution < 1.29 is 42.9 Å². The van der Waals surface area contributed by atoms with Gasteiger partial charge in [0, 0.05) is 43.8 Å². The Hall–Kier alpha value is -4.67. The van der Waals surface area contributed by atoms with Crippen LogP contribution < -0.4 is 26.2 Å². The van der Waals surface area contributed by atoms with E-state index in [-0.39, 0.29) is 49.4 Å². The number of unbranched alkanes of at least 4 members (excludes halogenated alkanes) is 3. The number of nitrogens with zero attached hydrogens (tertiary/aromatic N) is 2. The molecule has 1 aliphatic rings. The Morgan fingerprint density at radius 1 is 0.776 bits per heavy atom. The Labute approximate surface area is 345 Å². The fraction of sp³-hybridized carbons (Fsp3) is 0.595. The standard InChI is InChI=1S/C42H62N6O9S/c1-4-31-12-11-13-34(28-31)47(5-2)38(49)30-48-35-18-27-58-37(35)29-36(48)40(51)46-33-16-14-32(15-17-33)39(50)43-19-9-7-8-10-20-44-42(53)57-26-25-55-24-23-54-22-21-45-41(52)56-6-3/h11-13,18,27-29,32-33H,4-10,14-17,19-26,30H2,1-3H3,(H,43,50)(H,44,53)(H,45,52)(H,46,51). The molecule has 0 atom stereocenters. The smallest absolute Gasteiger partial charge is 0.407 e. The molecule has 4 N–H and O–H groups in total. The number of anilines is 1. The first kappa shape index (κ1) is 46.0. The molecule has 1 aromatic carbocycles. The van der Waals surface area contributed by atoms with Gasteiger partial charge < -0.3 is 49.7 Å². The number of benzene rings is 1. The maximum atomic E-state index is 13.7. The van der Waals surface area contributed by atoms with Gasteiger partial charge in [-0.1, -0.05) is 31.9 Å². The van der Waals surface area contributed by atoms with Crippen LogP contribution in [0.1, 0.15) is 88.2 Å². The van der Waals surface area contributed by atoms with Crippen LogP contribution in [0, 0.1) is 5.92 Å². The first-order valence-electron chi connectivity index (χ1n) is 20.7. The van der Waals surface area contributed by atoms with E-state index in [0.29, 0.717) is 84.0 Å². The topological polar surface area (TPSA) is 179 Å². The first-order valence-corrected chi connectivity index (χ1v) is 21.6. The summed E-state index contributed by atoms with van der Waals surface area (Å²) in [5.41, 5.74) is 3.37. The first-order chi connectivity index (χ1) is 28.2. The van der Waals surface area contributed by atoms with Crippen molar-refractivity contribution in [3.8, 4) is 0 Å². The van der Waals surface area contributed by atoms with Crippen molar-refractivity contribution in [2.75, 3.05) is 70.7 Å². The molecule has 0 radical (unpaired) electrons. The van der Waals surface area contributed by atoms with Crippen molar-refractivity contribution in [1.82, 2.24) is 25.8 Å². The molecule has 2 aromatic heterocycles. The molecule has 4 rings (SSSR count). The summed E-state index contributed by atoms with van der Waals surface area (Å²) in [6.45, 7) is 9.60. The number of fused-ring (bicyclic) bond motifs is 1. The molecule has 16 heteroatoms. The minimum absolute atomic E-state index is 0.0398. The fourth-order valence-corrected chi connectivity index (χ4v) is 7.71. The van der Waals surface area contributed by atoms with Crippen molar-refractivity contribution >= 4 is 57.1 Å². The lowest BCUT2D eigenvalue weighted by Crippen LogP contribution is -2.42. The molecule has 58 heavy (non-hydrogen) atoms. The third-order valence-electron chi connectivity index (χ3n) is 10.0. The highest BCUT2D eigenvalue weighted by Gasteiger charge is 2.29. The van der Waals surface area contributed by atoms with E-state index >= 15 is 0 Å². The average molecular weight is 827 g/mol. The highest BCUT2D eigenvalue weighted by molar-refractivity contribution is 7.17. The lowest BCUT2D eigenvalue weighted by molar-refractivity contribution is -0.126. The predicted molar refractivity (Wildman–Crippen MR) is 224 cm³/mol. The van der Waals surface area contributed by atoms with Gasteiger partial charge in [0.15, 0.2) is 0 Å². The molecule has 15 nitrogen and oxygen atoms in total. The Balaban J connectivity index is 1.04. The zero-order valence-corrected chi connectivity index (χ0v) is 35.1. The molecule has 0 saturated heterocycles. The Kier molecular flexibility index (Phi) is 20.3. The van der Waals surface area contributed by atoms with Crippen molar-refractivity contribution in [3.63, 3.8) is 0 Å². The van der Waals surface area contributed by atoms with Crippen molar-refractivity contribution in [2.45, 2.75) is 91.1 Å². The maximum Gasteiger partial charge on any atom is 0.407 e. The summed E-state index contributed by atoms with van der Waals surface area (Å²) < 4.78 is 23.3. The third kappa shape index (κ3) is 15.3. The molecular formula is C42H62N6O9S. The number of rotatable bonds is 25. The number of nitrogens with one attached hydrogen (secondary N) is 4. The van der Waals surface area contributed by atoms with Crippen LogP contribution in [0.4, 0.5) is 15.3 Å². The molecule has 0 unspecified atom stereocenters. The summed E-state index contributed by atoms with van der Waals surface area (Å²) in [6.07, 6.45) is 6.26. The van der Waals surface area contributed by atoms with Crippen molar-refractivity contribution in [2.24, 2.45) is 5.92 Å². The number of likely N-dealkylation sites (N-methyl/N-ethyl adjacent to an activating group) is 1. The Bertz CT molecular complexity index is 1740. The van der Waals surface area contributed by atoms with Gasteiger partial charge in [-0.2, -0.15) is 0 Å². The van der Waals surface area contributed by atoms with Crippen LogP contribution >= 0.6 is 11.3 Å². The molecule has 0 spiro atoms. The van der Waals surface area contributed by atoms with Gasteiger partial charge in [0.05, 0.1) is 43.3 Å². The molecule has 5 amide bonds. The minimum atomic E-state index is -0.485. The molecule has 0 bridgehead atoms. The maximum absolute atomic E-state index is 13.7. The Morgan fingerprint density at radius 2 is 1.47 bits per heavy atom. The number of ether oxygens (including phenoxy) is 4. The molecule has 0 aliphatic heterocycles. The average Bonchev–Trinajstić information content (AvgIpc) is 3.83. The second-order valence-electron chi connectivity index (χ2n) is 14.1. The summed E-state index contributed by atoms with van der Waals surface area (Å²) >= 11 is 1.55. The van der Waals surface area contributed by atoms with E-state index in [0.717, 1.165) is 53.6 Å². The number of hydrogen-bond donors (Lipinski definition) is 4. The van der Waals surface area contributed by atoms with Gasteiger partial charge in [0.1, 0.15) is 18.8 Å². The van der Waals surface area contributed by atoms with E-state index in [1.165, 1.54) is 0 Å². The van der Waals surface area contributed by atoms with Gasteiger partial charge in [-0.25, -0.2) is 9.59 Å². The normalized spacial score (nSPS) is 15.1. The zero-order chi connectivity index (χ0) is 41.5. The lowest BCUT2D eigenvalue weighted by Gasteiger charge is -2.28. The highest BCUT2D eigenvalue weighted by Crippen LogP contribution is 2.28. The Morgan fingerprint density at radius 3 is 2.19 bits per heavy atom. The third-order valence-corrected chi connectivity index (χ3v) is 10.9. The highest BCUT2D eigenvalue weighted by atomic mass is 32.1. The van der Waals surface area contributed by atoms with Crippen LogP contribution in [0.15, 0.2) is 41.8 Å². The second-order valence-corrected chi connectivity index (χ2v) is 15.1. The van der Waals surface area contributed by atoms with Gasteiger partial charge in [-0.3, -0.25) is 14.4 Å².